The van der Waals surface area contributed by atoms with E-state index in [1.165, 1.54) is 16.8 Å². The monoisotopic (exact) mass is 362 g/mol. The first-order valence-corrected chi connectivity index (χ1v) is 10.1. The van der Waals surface area contributed by atoms with E-state index in [-0.39, 0.29) is 11.9 Å². The number of aromatic nitrogens is 1. The summed E-state index contributed by atoms with van der Waals surface area (Å²) in [5.41, 5.74) is 4.73. The summed E-state index contributed by atoms with van der Waals surface area (Å²) in [5.74, 6) is 1.90. The Labute approximate surface area is 159 Å². The van der Waals surface area contributed by atoms with Crippen LogP contribution in [0.25, 0.3) is 10.9 Å². The van der Waals surface area contributed by atoms with E-state index in [2.05, 4.69) is 41.6 Å². The van der Waals surface area contributed by atoms with Gasteiger partial charge in [0.05, 0.1) is 19.1 Å². The highest BCUT2D eigenvalue weighted by molar-refractivity contribution is 5.92. The van der Waals surface area contributed by atoms with Gasteiger partial charge in [-0.25, -0.2) is 0 Å². The molecular formula is C23H26N2O2. The van der Waals surface area contributed by atoms with Gasteiger partial charge in [-0.05, 0) is 48.1 Å². The minimum Gasteiger partial charge on any atom is -0.494 e. The van der Waals surface area contributed by atoms with Crippen molar-refractivity contribution in [3.63, 3.8) is 0 Å². The van der Waals surface area contributed by atoms with Crippen LogP contribution in [0.3, 0.4) is 0 Å². The van der Waals surface area contributed by atoms with Gasteiger partial charge in [-0.3, -0.25) is 4.79 Å². The third-order valence-corrected chi connectivity index (χ3v) is 6.41. The van der Waals surface area contributed by atoms with Crippen LogP contribution in [-0.2, 0) is 11.2 Å². The molecule has 3 atom stereocenters. The van der Waals surface area contributed by atoms with E-state index in [1.54, 1.807) is 0 Å². The van der Waals surface area contributed by atoms with Crippen LogP contribution in [0.1, 0.15) is 43.4 Å². The van der Waals surface area contributed by atoms with Crippen LogP contribution in [0, 0.1) is 5.92 Å². The molecule has 1 amide bonds. The topological polar surface area (TPSA) is 45.3 Å². The zero-order chi connectivity index (χ0) is 18.5. The van der Waals surface area contributed by atoms with Crippen molar-refractivity contribution in [1.82, 2.24) is 9.88 Å². The fourth-order valence-corrected chi connectivity index (χ4v) is 5.17. The molecule has 1 fully saturated rings. The largest absolute Gasteiger partial charge is 0.494 e. The standard InChI is InChI=1S/C23H26N2O2/c1-3-5-8-27-16-6-7-20-17(11-16)18-12-21(26)25-13-14-9-15(4-2)23(25)19(10-14)22(18)24-20/h4,6-7,9,11,14,19,23-24H,2-3,5,8,10,12-13H2,1H3. The summed E-state index contributed by atoms with van der Waals surface area (Å²) in [6.07, 6.45) is 8.01. The fraction of sp³-hybridized carbons (Fsp3) is 0.435. The lowest BCUT2D eigenvalue weighted by Crippen LogP contribution is -2.53. The summed E-state index contributed by atoms with van der Waals surface area (Å²) in [6.45, 7) is 7.75. The molecule has 4 heteroatoms. The summed E-state index contributed by atoms with van der Waals surface area (Å²) in [6, 6.07) is 6.37. The number of benzene rings is 1. The third kappa shape index (κ3) is 2.53. The number of hydrogen-bond donors (Lipinski definition) is 1. The molecular weight excluding hydrogens is 336 g/mol. The number of H-pyrrole nitrogens is 1. The number of rotatable bonds is 5. The SMILES string of the molecule is C=CC1=CC2CC3c4[nH]c5ccc(OCCCC)cc5c4CC(=O)N(C2)C13. The molecule has 0 spiro atoms. The second-order valence-electron chi connectivity index (χ2n) is 8.07. The summed E-state index contributed by atoms with van der Waals surface area (Å²) < 4.78 is 5.91. The highest BCUT2D eigenvalue weighted by Gasteiger charge is 2.47. The Balaban J connectivity index is 1.59. The number of carbonyl (C=O) groups excluding carboxylic acids is 1. The number of unbranched alkanes of at least 4 members (excludes halogenated alkanes) is 1. The number of amides is 1. The number of fused-ring (bicyclic) bond motifs is 3. The Morgan fingerprint density at radius 1 is 1.41 bits per heavy atom. The van der Waals surface area contributed by atoms with Gasteiger partial charge in [-0.1, -0.05) is 32.1 Å². The maximum atomic E-state index is 13.1. The lowest BCUT2D eigenvalue weighted by atomic mass is 9.72. The Hall–Kier alpha value is -2.49. The molecule has 1 saturated heterocycles. The summed E-state index contributed by atoms with van der Waals surface area (Å²) in [7, 11) is 0. The molecule has 27 heavy (non-hydrogen) atoms. The number of hydrogen-bond acceptors (Lipinski definition) is 2. The van der Waals surface area contributed by atoms with Gasteiger partial charge in [-0.15, -0.1) is 0 Å². The van der Waals surface area contributed by atoms with Crippen LogP contribution < -0.4 is 4.74 Å². The van der Waals surface area contributed by atoms with Gasteiger partial charge in [0.15, 0.2) is 0 Å². The third-order valence-electron chi connectivity index (χ3n) is 6.41. The zero-order valence-corrected chi connectivity index (χ0v) is 15.8. The van der Waals surface area contributed by atoms with Crippen LogP contribution in [0.4, 0.5) is 0 Å². The van der Waals surface area contributed by atoms with Gasteiger partial charge in [0, 0.05) is 29.1 Å². The predicted molar refractivity (Wildman–Crippen MR) is 107 cm³/mol. The van der Waals surface area contributed by atoms with Gasteiger partial charge in [0.2, 0.25) is 5.91 Å². The van der Waals surface area contributed by atoms with Crippen LogP contribution in [-0.4, -0.2) is 35.0 Å². The second kappa shape index (κ2) is 6.29. The average Bonchev–Trinajstić information content (AvgIpc) is 3.02. The molecule has 4 nitrogen and oxygen atoms in total. The predicted octanol–water partition coefficient (Wildman–Crippen LogP) is 4.33. The van der Waals surface area contributed by atoms with E-state index in [0.29, 0.717) is 18.3 Å². The van der Waals surface area contributed by atoms with E-state index in [4.69, 9.17) is 4.74 Å². The lowest BCUT2D eigenvalue weighted by molar-refractivity contribution is -0.134. The van der Waals surface area contributed by atoms with Gasteiger partial charge in [-0.2, -0.15) is 0 Å². The molecule has 0 radical (unpaired) electrons. The first-order valence-electron chi connectivity index (χ1n) is 10.1. The summed E-state index contributed by atoms with van der Waals surface area (Å²) >= 11 is 0. The molecule has 2 aromatic rings. The van der Waals surface area contributed by atoms with E-state index < -0.39 is 0 Å². The van der Waals surface area contributed by atoms with Gasteiger partial charge in [0.25, 0.3) is 0 Å². The fourth-order valence-electron chi connectivity index (χ4n) is 5.17. The molecule has 1 aliphatic carbocycles. The minimum absolute atomic E-state index is 0.134. The quantitative estimate of drug-likeness (QED) is 0.805. The highest BCUT2D eigenvalue weighted by atomic mass is 16.5. The average molecular weight is 362 g/mol. The molecule has 3 aliphatic heterocycles. The number of ether oxygens (including phenoxy) is 1. The Morgan fingerprint density at radius 3 is 3.11 bits per heavy atom. The molecule has 4 aliphatic rings. The van der Waals surface area contributed by atoms with E-state index >= 15 is 0 Å². The smallest absolute Gasteiger partial charge is 0.227 e. The van der Waals surface area contributed by atoms with Crippen molar-refractivity contribution in [3.8, 4) is 5.75 Å². The highest BCUT2D eigenvalue weighted by Crippen LogP contribution is 2.48. The van der Waals surface area contributed by atoms with Crippen molar-refractivity contribution >= 4 is 16.8 Å². The maximum absolute atomic E-state index is 13.1. The van der Waals surface area contributed by atoms with Crippen molar-refractivity contribution < 1.29 is 9.53 Å². The van der Waals surface area contributed by atoms with Crippen LogP contribution in [0.2, 0.25) is 0 Å². The molecule has 4 heterocycles. The number of carbonyl (C=O) groups is 1. The van der Waals surface area contributed by atoms with E-state index in [9.17, 15) is 4.79 Å². The Kier molecular flexibility index (Phi) is 3.88. The molecule has 3 unspecified atom stereocenters. The number of aromatic amines is 1. The lowest BCUT2D eigenvalue weighted by Gasteiger charge is -2.47. The van der Waals surface area contributed by atoms with Crippen molar-refractivity contribution in [2.24, 2.45) is 5.92 Å². The molecule has 0 saturated carbocycles. The number of piperidine rings is 1. The van der Waals surface area contributed by atoms with Crippen LogP contribution in [0.5, 0.6) is 5.75 Å². The van der Waals surface area contributed by atoms with Gasteiger partial charge >= 0.3 is 0 Å². The molecule has 1 aromatic carbocycles. The van der Waals surface area contributed by atoms with Crippen LogP contribution in [0.15, 0.2) is 42.5 Å². The second-order valence-corrected chi connectivity index (χ2v) is 8.07. The van der Waals surface area contributed by atoms with Crippen LogP contribution >= 0.6 is 0 Å². The molecule has 6 rings (SSSR count). The Morgan fingerprint density at radius 2 is 2.30 bits per heavy atom. The molecule has 1 N–H and O–H groups in total. The van der Waals surface area contributed by atoms with Crippen molar-refractivity contribution in [2.75, 3.05) is 13.2 Å². The summed E-state index contributed by atoms with van der Waals surface area (Å²) in [4.78, 5) is 18.9. The molecule has 4 bridgehead atoms. The summed E-state index contributed by atoms with van der Waals surface area (Å²) in [5, 5.41) is 1.14. The van der Waals surface area contributed by atoms with E-state index in [0.717, 1.165) is 49.1 Å². The number of nitrogens with zero attached hydrogens (tertiary/aromatic N) is 1. The normalized spacial score (nSPS) is 26.0. The van der Waals surface area contributed by atoms with Crippen molar-refractivity contribution in [3.05, 3.63) is 53.8 Å². The maximum Gasteiger partial charge on any atom is 0.227 e. The molecule has 140 valence electrons. The first-order chi connectivity index (χ1) is 13.2. The minimum atomic E-state index is 0.134. The van der Waals surface area contributed by atoms with E-state index in [1.807, 2.05) is 12.1 Å². The van der Waals surface area contributed by atoms with Crippen molar-refractivity contribution in [1.29, 1.82) is 0 Å². The first kappa shape index (κ1) is 16.7. The van der Waals surface area contributed by atoms with Gasteiger partial charge < -0.3 is 14.6 Å². The van der Waals surface area contributed by atoms with Crippen molar-refractivity contribution in [2.45, 2.75) is 44.6 Å². The molecule has 1 aromatic heterocycles. The number of nitrogens with one attached hydrogen (secondary N) is 1. The zero-order valence-electron chi connectivity index (χ0n) is 15.8. The Bertz CT molecular complexity index is 955. The van der Waals surface area contributed by atoms with Gasteiger partial charge in [0.1, 0.15) is 5.75 Å².